The van der Waals surface area contributed by atoms with Gasteiger partial charge in [-0.25, -0.2) is 0 Å². The van der Waals surface area contributed by atoms with E-state index in [0.29, 0.717) is 5.78 Å². The van der Waals surface area contributed by atoms with Gasteiger partial charge in [0.1, 0.15) is 5.78 Å². The minimum absolute atomic E-state index is 0.0849. The summed E-state index contributed by atoms with van der Waals surface area (Å²) in [7, 11) is 0. The molecule has 1 atom stereocenters. The van der Waals surface area contributed by atoms with Crippen molar-refractivity contribution in [3.63, 3.8) is 0 Å². The molecule has 1 heteroatoms. The first-order chi connectivity index (χ1) is 13.3. The van der Waals surface area contributed by atoms with Crippen molar-refractivity contribution in [3.8, 4) is 11.1 Å². The van der Waals surface area contributed by atoms with E-state index in [9.17, 15) is 4.79 Å². The molecule has 1 nitrogen and oxygen atoms in total. The zero-order valence-electron chi connectivity index (χ0n) is 15.6. The lowest BCUT2D eigenvalue weighted by molar-refractivity contribution is -0.121. The van der Waals surface area contributed by atoms with Crippen molar-refractivity contribution in [2.75, 3.05) is 0 Å². The average molecular weight is 352 g/mol. The number of benzene rings is 3. The van der Waals surface area contributed by atoms with Crippen molar-refractivity contribution in [3.05, 3.63) is 94.5 Å². The summed E-state index contributed by atoms with van der Waals surface area (Å²) < 4.78 is 0. The molecule has 134 valence electrons. The molecule has 1 unspecified atom stereocenters. The van der Waals surface area contributed by atoms with Crippen LogP contribution in [0.3, 0.4) is 0 Å². The van der Waals surface area contributed by atoms with Gasteiger partial charge in [-0.3, -0.25) is 4.79 Å². The Morgan fingerprint density at radius 2 is 1.63 bits per heavy atom. The highest BCUT2D eigenvalue weighted by Crippen LogP contribution is 2.44. The average Bonchev–Trinajstić information content (AvgIpc) is 3.08. The molecule has 0 spiro atoms. The fraction of sp³-hybridized carbons (Fsp3) is 0.269. The number of Topliss-reactive ketones (excluding diaryl/α,β-unsaturated/α-hetero) is 1. The molecule has 0 aromatic heterocycles. The van der Waals surface area contributed by atoms with Crippen LogP contribution in [0.25, 0.3) is 11.1 Å². The van der Waals surface area contributed by atoms with Gasteiger partial charge in [0.15, 0.2) is 0 Å². The monoisotopic (exact) mass is 352 g/mol. The Labute approximate surface area is 161 Å². The molecule has 0 radical (unpaired) electrons. The van der Waals surface area contributed by atoms with Crippen LogP contribution in [0.15, 0.2) is 66.7 Å². The third-order valence-electron chi connectivity index (χ3n) is 6.26. The number of fused-ring (bicyclic) bond motifs is 3. The van der Waals surface area contributed by atoms with Crippen molar-refractivity contribution in [2.24, 2.45) is 0 Å². The van der Waals surface area contributed by atoms with Gasteiger partial charge in [0.25, 0.3) is 0 Å². The Kier molecular flexibility index (Phi) is 4.16. The lowest BCUT2D eigenvalue weighted by Crippen LogP contribution is -2.20. The maximum Gasteiger partial charge on any atom is 0.140 e. The molecule has 0 aliphatic heterocycles. The molecule has 0 N–H and O–H groups in total. The third-order valence-corrected chi connectivity index (χ3v) is 6.26. The largest absolute Gasteiger partial charge is 0.299 e. The minimum Gasteiger partial charge on any atom is -0.299 e. The zero-order chi connectivity index (χ0) is 18.2. The molecule has 0 heterocycles. The number of rotatable bonds is 3. The van der Waals surface area contributed by atoms with E-state index in [2.05, 4.69) is 66.7 Å². The van der Waals surface area contributed by atoms with Gasteiger partial charge in [0.05, 0.1) is 0 Å². The summed E-state index contributed by atoms with van der Waals surface area (Å²) in [5.41, 5.74) is 9.50. The number of carbonyl (C=O) groups excluding carboxylic acids is 1. The highest BCUT2D eigenvalue weighted by Gasteiger charge is 2.31. The van der Waals surface area contributed by atoms with Gasteiger partial charge >= 0.3 is 0 Å². The quantitative estimate of drug-likeness (QED) is 0.437. The second-order valence-electron chi connectivity index (χ2n) is 7.93. The van der Waals surface area contributed by atoms with Crippen LogP contribution in [0.1, 0.15) is 59.4 Å². The van der Waals surface area contributed by atoms with Crippen LogP contribution in [0.4, 0.5) is 0 Å². The van der Waals surface area contributed by atoms with E-state index in [4.69, 9.17) is 0 Å². The molecule has 1 fully saturated rings. The van der Waals surface area contributed by atoms with Gasteiger partial charge in [-0.15, -0.1) is 0 Å². The molecular weight excluding hydrogens is 328 g/mol. The molecule has 0 saturated heterocycles. The van der Waals surface area contributed by atoms with E-state index in [1.54, 1.807) is 0 Å². The molecule has 0 bridgehead atoms. The van der Waals surface area contributed by atoms with Crippen LogP contribution in [0.5, 0.6) is 0 Å². The smallest absolute Gasteiger partial charge is 0.140 e. The number of hydrogen-bond acceptors (Lipinski definition) is 1. The Bertz CT molecular complexity index is 1000. The maximum atomic E-state index is 12.9. The van der Waals surface area contributed by atoms with E-state index in [0.717, 1.165) is 38.5 Å². The highest BCUT2D eigenvalue weighted by molar-refractivity contribution is 5.89. The molecule has 2 aliphatic rings. The van der Waals surface area contributed by atoms with Gasteiger partial charge in [0, 0.05) is 12.3 Å². The number of ketones is 1. The Morgan fingerprint density at radius 1 is 0.815 bits per heavy atom. The predicted octanol–water partition coefficient (Wildman–Crippen LogP) is 6.08. The Hall–Kier alpha value is -2.67. The summed E-state index contributed by atoms with van der Waals surface area (Å²) in [6.45, 7) is 0. The van der Waals surface area contributed by atoms with Crippen LogP contribution >= 0.6 is 0 Å². The molecule has 3 aromatic carbocycles. The van der Waals surface area contributed by atoms with Gasteiger partial charge in [-0.05, 0) is 64.6 Å². The van der Waals surface area contributed by atoms with Gasteiger partial charge in [-0.2, -0.15) is 0 Å². The van der Waals surface area contributed by atoms with Crippen LogP contribution in [0, 0.1) is 0 Å². The molecule has 5 rings (SSSR count). The zero-order valence-corrected chi connectivity index (χ0v) is 15.6. The molecule has 3 aromatic rings. The summed E-state index contributed by atoms with van der Waals surface area (Å²) in [5.74, 6) is 0.529. The van der Waals surface area contributed by atoms with Crippen LogP contribution < -0.4 is 0 Å². The van der Waals surface area contributed by atoms with Crippen LogP contribution in [0.2, 0.25) is 0 Å². The summed E-state index contributed by atoms with van der Waals surface area (Å²) in [5, 5.41) is 0. The number of hydrogen-bond donors (Lipinski definition) is 0. The van der Waals surface area contributed by atoms with E-state index in [1.165, 1.54) is 38.9 Å². The third kappa shape index (κ3) is 2.92. The summed E-state index contributed by atoms with van der Waals surface area (Å²) in [4.78, 5) is 12.9. The predicted molar refractivity (Wildman–Crippen MR) is 110 cm³/mol. The first-order valence-corrected chi connectivity index (χ1v) is 10.1. The SMILES string of the molecule is O=C1CCCCC1c1c(Cc2ccccc2)ccc2c1Cc1ccccc1-2. The molecular formula is C26H24O. The second-order valence-corrected chi connectivity index (χ2v) is 7.93. The first-order valence-electron chi connectivity index (χ1n) is 10.1. The fourth-order valence-electron chi connectivity index (χ4n) is 4.98. The minimum atomic E-state index is 0.0849. The summed E-state index contributed by atoms with van der Waals surface area (Å²) in [6.07, 6.45) is 5.84. The van der Waals surface area contributed by atoms with E-state index in [-0.39, 0.29) is 5.92 Å². The normalized spacial score (nSPS) is 18.2. The topological polar surface area (TPSA) is 17.1 Å². The van der Waals surface area contributed by atoms with E-state index < -0.39 is 0 Å². The maximum absolute atomic E-state index is 12.9. The van der Waals surface area contributed by atoms with Crippen LogP contribution in [-0.2, 0) is 17.6 Å². The van der Waals surface area contributed by atoms with Gasteiger partial charge < -0.3 is 0 Å². The standard InChI is InChI=1S/C26H24O/c27-25-13-7-6-12-23(25)26-20(16-18-8-2-1-3-9-18)14-15-22-21-11-5-4-10-19(21)17-24(22)26/h1-5,8-11,14-15,23H,6-7,12-13,16-17H2. The van der Waals surface area contributed by atoms with Crippen molar-refractivity contribution in [2.45, 2.75) is 44.4 Å². The van der Waals surface area contributed by atoms with Gasteiger partial charge in [-0.1, -0.05) is 73.2 Å². The second kappa shape index (κ2) is 6.81. The molecule has 2 aliphatic carbocycles. The summed E-state index contributed by atoms with van der Waals surface area (Å²) >= 11 is 0. The lowest BCUT2D eigenvalue weighted by Gasteiger charge is -2.26. The van der Waals surface area contributed by atoms with Crippen molar-refractivity contribution in [1.82, 2.24) is 0 Å². The van der Waals surface area contributed by atoms with Gasteiger partial charge in [0.2, 0.25) is 0 Å². The Balaban J connectivity index is 1.66. The molecule has 27 heavy (non-hydrogen) atoms. The molecule has 1 saturated carbocycles. The summed E-state index contributed by atoms with van der Waals surface area (Å²) in [6, 6.07) is 23.9. The molecule has 0 amide bonds. The lowest BCUT2D eigenvalue weighted by atomic mass is 9.77. The first kappa shape index (κ1) is 16.5. The van der Waals surface area contributed by atoms with Crippen molar-refractivity contribution in [1.29, 1.82) is 0 Å². The van der Waals surface area contributed by atoms with E-state index >= 15 is 0 Å². The Morgan fingerprint density at radius 3 is 2.48 bits per heavy atom. The van der Waals surface area contributed by atoms with E-state index in [1.807, 2.05) is 0 Å². The highest BCUT2D eigenvalue weighted by atomic mass is 16.1. The number of carbonyl (C=O) groups is 1. The van der Waals surface area contributed by atoms with Crippen LogP contribution in [-0.4, -0.2) is 5.78 Å². The van der Waals surface area contributed by atoms with Crippen molar-refractivity contribution < 1.29 is 4.79 Å². The van der Waals surface area contributed by atoms with Crippen molar-refractivity contribution >= 4 is 5.78 Å². The fourth-order valence-corrected chi connectivity index (χ4v) is 4.98.